The van der Waals surface area contributed by atoms with Crippen molar-refractivity contribution >= 4 is 0 Å². The molecule has 3 nitrogen and oxygen atoms in total. The van der Waals surface area contributed by atoms with E-state index in [1.807, 2.05) is 43.3 Å². The molecular weight excluding hydrogens is 262 g/mol. The van der Waals surface area contributed by atoms with Crippen LogP contribution in [0.3, 0.4) is 0 Å². The average molecular weight is 285 g/mol. The van der Waals surface area contributed by atoms with Crippen molar-refractivity contribution in [2.45, 2.75) is 25.8 Å². The lowest BCUT2D eigenvalue weighted by molar-refractivity contribution is 0.378. The van der Waals surface area contributed by atoms with Gasteiger partial charge < -0.3 is 15.2 Å². The molecule has 21 heavy (non-hydrogen) atoms. The number of ether oxygens (including phenoxy) is 2. The quantitative estimate of drug-likeness (QED) is 0.915. The molecule has 0 saturated carbocycles. The molecule has 0 spiro atoms. The van der Waals surface area contributed by atoms with Crippen LogP contribution < -0.4 is 15.2 Å². The van der Waals surface area contributed by atoms with Crippen molar-refractivity contribution in [3.63, 3.8) is 0 Å². The van der Waals surface area contributed by atoms with Gasteiger partial charge in [-0.3, -0.25) is 0 Å². The van der Waals surface area contributed by atoms with Crippen LogP contribution in [0.15, 0.2) is 42.5 Å². The van der Waals surface area contributed by atoms with Crippen LogP contribution in [0.1, 0.15) is 23.6 Å². The Balaban J connectivity index is 2.39. The highest BCUT2D eigenvalue weighted by atomic mass is 16.5. The van der Waals surface area contributed by atoms with E-state index in [0.717, 1.165) is 22.6 Å². The van der Waals surface area contributed by atoms with Crippen molar-refractivity contribution in [2.24, 2.45) is 5.73 Å². The van der Waals surface area contributed by atoms with Crippen LogP contribution in [-0.4, -0.2) is 14.2 Å². The summed E-state index contributed by atoms with van der Waals surface area (Å²) in [5.41, 5.74) is 9.35. The van der Waals surface area contributed by atoms with Gasteiger partial charge in [0.2, 0.25) is 0 Å². The van der Waals surface area contributed by atoms with Gasteiger partial charge in [0.15, 0.2) is 0 Å². The first-order valence-corrected chi connectivity index (χ1v) is 7.04. The molecule has 3 heteroatoms. The van der Waals surface area contributed by atoms with Crippen LogP contribution in [0.25, 0.3) is 0 Å². The van der Waals surface area contributed by atoms with Gasteiger partial charge in [-0.05, 0) is 38.0 Å². The molecule has 1 atom stereocenters. The van der Waals surface area contributed by atoms with E-state index in [1.54, 1.807) is 14.2 Å². The lowest BCUT2D eigenvalue weighted by Gasteiger charge is -2.28. The van der Waals surface area contributed by atoms with Gasteiger partial charge in [0, 0.05) is 11.1 Å². The predicted molar refractivity (Wildman–Crippen MR) is 86.0 cm³/mol. The number of methoxy groups -OCH3 is 2. The third kappa shape index (κ3) is 3.37. The maximum Gasteiger partial charge on any atom is 0.123 e. The summed E-state index contributed by atoms with van der Waals surface area (Å²) in [6, 6.07) is 14.0. The molecule has 0 aliphatic heterocycles. The van der Waals surface area contributed by atoms with Crippen LogP contribution in [0, 0.1) is 6.92 Å². The smallest absolute Gasteiger partial charge is 0.123 e. The van der Waals surface area contributed by atoms with Crippen molar-refractivity contribution in [1.29, 1.82) is 0 Å². The lowest BCUT2D eigenvalue weighted by atomic mass is 9.85. The molecule has 0 aliphatic carbocycles. The van der Waals surface area contributed by atoms with Gasteiger partial charge in [-0.15, -0.1) is 0 Å². The Labute approximate surface area is 126 Å². The third-order valence-corrected chi connectivity index (χ3v) is 3.72. The van der Waals surface area contributed by atoms with Crippen molar-refractivity contribution in [2.75, 3.05) is 14.2 Å². The predicted octanol–water partition coefficient (Wildman–Crippen LogP) is 3.43. The highest BCUT2D eigenvalue weighted by Gasteiger charge is 2.26. The van der Waals surface area contributed by atoms with Gasteiger partial charge in [-0.25, -0.2) is 0 Å². The minimum atomic E-state index is -0.534. The number of nitrogens with two attached hydrogens (primary N) is 1. The molecular formula is C18H23NO2. The normalized spacial score (nSPS) is 13.6. The molecule has 0 heterocycles. The molecule has 0 bridgehead atoms. The summed E-state index contributed by atoms with van der Waals surface area (Å²) in [7, 11) is 3.35. The Morgan fingerprint density at radius 2 is 1.67 bits per heavy atom. The number of hydrogen-bond acceptors (Lipinski definition) is 3. The molecule has 2 aromatic rings. The number of benzene rings is 2. The van der Waals surface area contributed by atoms with Crippen LogP contribution in [-0.2, 0) is 12.0 Å². The van der Waals surface area contributed by atoms with E-state index in [9.17, 15) is 0 Å². The average Bonchev–Trinajstić information content (AvgIpc) is 2.47. The molecule has 0 saturated heterocycles. The fourth-order valence-corrected chi connectivity index (χ4v) is 2.65. The molecule has 2 rings (SSSR count). The van der Waals surface area contributed by atoms with Gasteiger partial charge in [-0.2, -0.15) is 0 Å². The molecule has 0 amide bonds. The molecule has 0 aliphatic rings. The molecule has 0 aromatic heterocycles. The van der Waals surface area contributed by atoms with Crippen LogP contribution >= 0.6 is 0 Å². The number of rotatable bonds is 5. The van der Waals surface area contributed by atoms with Crippen LogP contribution in [0.4, 0.5) is 0 Å². The highest BCUT2D eigenvalue weighted by molar-refractivity contribution is 5.43. The van der Waals surface area contributed by atoms with E-state index in [1.165, 1.54) is 5.56 Å². The Kier molecular flexibility index (Phi) is 4.53. The van der Waals surface area contributed by atoms with Crippen molar-refractivity contribution in [3.05, 3.63) is 59.2 Å². The standard InChI is InChI=1S/C18H23NO2/c1-13-9-10-16(20-3)14(11-13)12-18(2,19)15-7-5-6-8-17(15)21-4/h5-11H,12,19H2,1-4H3. The summed E-state index contributed by atoms with van der Waals surface area (Å²) in [6.45, 7) is 4.09. The van der Waals surface area contributed by atoms with Gasteiger partial charge in [0.05, 0.1) is 14.2 Å². The summed E-state index contributed by atoms with van der Waals surface area (Å²) >= 11 is 0. The summed E-state index contributed by atoms with van der Waals surface area (Å²) in [5, 5.41) is 0. The second kappa shape index (κ2) is 6.19. The molecule has 2 N–H and O–H groups in total. The molecule has 2 aromatic carbocycles. The van der Waals surface area contributed by atoms with Crippen LogP contribution in [0.5, 0.6) is 11.5 Å². The molecule has 0 radical (unpaired) electrons. The monoisotopic (exact) mass is 285 g/mol. The lowest BCUT2D eigenvalue weighted by Crippen LogP contribution is -2.36. The Morgan fingerprint density at radius 1 is 1.00 bits per heavy atom. The molecule has 112 valence electrons. The van der Waals surface area contributed by atoms with Crippen molar-refractivity contribution < 1.29 is 9.47 Å². The van der Waals surface area contributed by atoms with Gasteiger partial charge in [0.1, 0.15) is 11.5 Å². The van der Waals surface area contributed by atoms with E-state index in [-0.39, 0.29) is 0 Å². The minimum Gasteiger partial charge on any atom is -0.496 e. The second-order valence-corrected chi connectivity index (χ2v) is 5.61. The highest BCUT2D eigenvalue weighted by Crippen LogP contribution is 2.33. The zero-order valence-electron chi connectivity index (χ0n) is 13.1. The first kappa shape index (κ1) is 15.4. The Hall–Kier alpha value is -2.00. The maximum atomic E-state index is 6.58. The SMILES string of the molecule is COc1ccc(C)cc1CC(C)(N)c1ccccc1OC. The van der Waals surface area contributed by atoms with E-state index in [4.69, 9.17) is 15.2 Å². The van der Waals surface area contributed by atoms with Gasteiger partial charge in [-0.1, -0.05) is 35.9 Å². The third-order valence-electron chi connectivity index (χ3n) is 3.72. The summed E-state index contributed by atoms with van der Waals surface area (Å²) < 4.78 is 10.9. The molecule has 1 unspecified atom stereocenters. The fourth-order valence-electron chi connectivity index (χ4n) is 2.65. The van der Waals surface area contributed by atoms with Gasteiger partial charge >= 0.3 is 0 Å². The van der Waals surface area contributed by atoms with E-state index in [2.05, 4.69) is 13.0 Å². The summed E-state index contributed by atoms with van der Waals surface area (Å²) in [4.78, 5) is 0. The maximum absolute atomic E-state index is 6.58. The topological polar surface area (TPSA) is 44.5 Å². The largest absolute Gasteiger partial charge is 0.496 e. The Morgan fingerprint density at radius 3 is 2.33 bits per heavy atom. The second-order valence-electron chi connectivity index (χ2n) is 5.61. The molecule has 0 fully saturated rings. The van der Waals surface area contributed by atoms with Crippen LogP contribution in [0.2, 0.25) is 0 Å². The zero-order valence-corrected chi connectivity index (χ0v) is 13.1. The first-order chi connectivity index (χ1) is 9.97. The number of aryl methyl sites for hydroxylation is 1. The minimum absolute atomic E-state index is 0.534. The Bertz CT molecular complexity index is 620. The van der Waals surface area contributed by atoms with Gasteiger partial charge in [0.25, 0.3) is 0 Å². The summed E-state index contributed by atoms with van der Waals surface area (Å²) in [6.07, 6.45) is 0.679. The fraction of sp³-hybridized carbons (Fsp3) is 0.333. The summed E-state index contributed by atoms with van der Waals surface area (Å²) in [5.74, 6) is 1.68. The van der Waals surface area contributed by atoms with E-state index < -0.39 is 5.54 Å². The number of para-hydroxylation sites is 1. The van der Waals surface area contributed by atoms with Crippen molar-refractivity contribution in [3.8, 4) is 11.5 Å². The van der Waals surface area contributed by atoms with E-state index in [0.29, 0.717) is 6.42 Å². The number of hydrogen-bond donors (Lipinski definition) is 1. The first-order valence-electron chi connectivity index (χ1n) is 7.04. The zero-order chi connectivity index (χ0) is 15.5. The van der Waals surface area contributed by atoms with E-state index >= 15 is 0 Å². The van der Waals surface area contributed by atoms with Crippen molar-refractivity contribution in [1.82, 2.24) is 0 Å².